The lowest BCUT2D eigenvalue weighted by molar-refractivity contribution is -0.126. The molecule has 1 saturated heterocycles. The predicted octanol–water partition coefficient (Wildman–Crippen LogP) is 1.61. The summed E-state index contributed by atoms with van der Waals surface area (Å²) in [5, 5.41) is 2.83. The van der Waals surface area contributed by atoms with Crippen LogP contribution in [-0.2, 0) is 9.59 Å². The summed E-state index contributed by atoms with van der Waals surface area (Å²) in [7, 11) is 0. The molecule has 0 saturated carbocycles. The molecule has 120 valence electrons. The second-order valence-electron chi connectivity index (χ2n) is 6.31. The van der Waals surface area contributed by atoms with Gasteiger partial charge in [0.1, 0.15) is 0 Å². The van der Waals surface area contributed by atoms with Crippen molar-refractivity contribution in [2.45, 2.75) is 30.7 Å². The Balaban J connectivity index is 1.99. The van der Waals surface area contributed by atoms with Crippen LogP contribution in [0.1, 0.15) is 20.3 Å². The van der Waals surface area contributed by atoms with Gasteiger partial charge in [0.25, 0.3) is 0 Å². The van der Waals surface area contributed by atoms with Crippen LogP contribution in [0, 0.1) is 5.92 Å². The third-order valence-electron chi connectivity index (χ3n) is 3.60. The average Bonchev–Trinajstić information content (AvgIpc) is 2.86. The maximum absolute atomic E-state index is 12.2. The Labute approximate surface area is 135 Å². The number of carbonyl (C=O) groups is 2. The fourth-order valence-electron chi connectivity index (χ4n) is 2.35. The highest BCUT2D eigenvalue weighted by Gasteiger charge is 2.35. The van der Waals surface area contributed by atoms with Crippen molar-refractivity contribution in [2.24, 2.45) is 11.7 Å². The number of hydrogen-bond acceptors (Lipinski definition) is 4. The zero-order chi connectivity index (χ0) is 16.3. The minimum atomic E-state index is -0.453. The molecule has 0 aliphatic carbocycles. The number of nitrogens with zero attached hydrogens (tertiary/aromatic N) is 1. The molecule has 3 N–H and O–H groups in total. The van der Waals surface area contributed by atoms with Crippen molar-refractivity contribution in [3.8, 4) is 0 Å². The van der Waals surface area contributed by atoms with E-state index < -0.39 is 5.54 Å². The first-order valence-corrected chi connectivity index (χ1v) is 8.53. The van der Waals surface area contributed by atoms with Gasteiger partial charge in [0.15, 0.2) is 0 Å². The molecular weight excluding hydrogens is 298 g/mol. The standard InChI is InChI=1S/C16H23N3O2S/c1-16(2,17)10-18-15(21)11-8-14(20)19(9-11)12-4-6-13(22-3)7-5-12/h4-7,11H,8-10,17H2,1-3H3,(H,18,21). The molecule has 1 unspecified atom stereocenters. The Morgan fingerprint density at radius 2 is 2.05 bits per heavy atom. The number of carbonyl (C=O) groups excluding carboxylic acids is 2. The van der Waals surface area contributed by atoms with E-state index in [1.165, 1.54) is 0 Å². The van der Waals surface area contributed by atoms with Crippen LogP contribution in [0.25, 0.3) is 0 Å². The Bertz CT molecular complexity index is 552. The molecule has 1 aliphatic rings. The zero-order valence-electron chi connectivity index (χ0n) is 13.3. The van der Waals surface area contributed by atoms with Crippen molar-refractivity contribution in [1.82, 2.24) is 5.32 Å². The minimum absolute atomic E-state index is 0.0101. The summed E-state index contributed by atoms with van der Waals surface area (Å²) in [6, 6.07) is 7.81. The van der Waals surface area contributed by atoms with Crippen LogP contribution in [0.4, 0.5) is 5.69 Å². The van der Waals surface area contributed by atoms with Crippen molar-refractivity contribution in [1.29, 1.82) is 0 Å². The SMILES string of the molecule is CSc1ccc(N2CC(C(=O)NCC(C)(C)N)CC2=O)cc1. The van der Waals surface area contributed by atoms with Gasteiger partial charge in [-0.2, -0.15) is 0 Å². The Hall–Kier alpha value is -1.53. The molecule has 1 aromatic rings. The second-order valence-corrected chi connectivity index (χ2v) is 7.19. The van der Waals surface area contributed by atoms with Crippen LogP contribution < -0.4 is 16.0 Å². The van der Waals surface area contributed by atoms with E-state index in [0.29, 0.717) is 13.1 Å². The molecule has 1 atom stereocenters. The van der Waals surface area contributed by atoms with Crippen LogP contribution in [0.2, 0.25) is 0 Å². The van der Waals surface area contributed by atoms with Crippen LogP contribution >= 0.6 is 11.8 Å². The van der Waals surface area contributed by atoms with Gasteiger partial charge >= 0.3 is 0 Å². The number of nitrogens with two attached hydrogens (primary N) is 1. The highest BCUT2D eigenvalue weighted by molar-refractivity contribution is 7.98. The molecular formula is C16H23N3O2S. The average molecular weight is 321 g/mol. The first-order valence-electron chi connectivity index (χ1n) is 7.31. The summed E-state index contributed by atoms with van der Waals surface area (Å²) in [6.07, 6.45) is 2.26. The first-order chi connectivity index (χ1) is 10.3. The molecule has 2 amide bonds. The molecule has 0 aromatic heterocycles. The van der Waals surface area contributed by atoms with Crippen LogP contribution in [0.15, 0.2) is 29.2 Å². The van der Waals surface area contributed by atoms with E-state index in [0.717, 1.165) is 10.6 Å². The topological polar surface area (TPSA) is 75.4 Å². The molecule has 6 heteroatoms. The number of hydrogen-bond donors (Lipinski definition) is 2. The molecule has 1 fully saturated rings. The second kappa shape index (κ2) is 6.71. The van der Waals surface area contributed by atoms with Gasteiger partial charge < -0.3 is 16.0 Å². The first kappa shape index (κ1) is 16.8. The molecule has 0 bridgehead atoms. The van der Waals surface area contributed by atoms with Gasteiger partial charge in [-0.15, -0.1) is 11.8 Å². The van der Waals surface area contributed by atoms with E-state index in [1.54, 1.807) is 16.7 Å². The molecule has 2 rings (SSSR count). The van der Waals surface area contributed by atoms with Crippen LogP contribution in [0.5, 0.6) is 0 Å². The maximum Gasteiger partial charge on any atom is 0.227 e. The summed E-state index contributed by atoms with van der Waals surface area (Å²) in [6.45, 7) is 4.53. The lowest BCUT2D eigenvalue weighted by Crippen LogP contribution is -2.46. The summed E-state index contributed by atoms with van der Waals surface area (Å²) < 4.78 is 0. The molecule has 0 radical (unpaired) electrons. The number of thioether (sulfide) groups is 1. The zero-order valence-corrected chi connectivity index (χ0v) is 14.1. The Morgan fingerprint density at radius 1 is 1.41 bits per heavy atom. The Kier molecular flexibility index (Phi) is 5.13. The summed E-state index contributed by atoms with van der Waals surface area (Å²) >= 11 is 1.66. The highest BCUT2D eigenvalue weighted by Crippen LogP contribution is 2.27. The quantitative estimate of drug-likeness (QED) is 0.808. The van der Waals surface area contributed by atoms with E-state index in [9.17, 15) is 9.59 Å². The molecule has 5 nitrogen and oxygen atoms in total. The minimum Gasteiger partial charge on any atom is -0.354 e. The van der Waals surface area contributed by atoms with Gasteiger partial charge in [-0.1, -0.05) is 0 Å². The maximum atomic E-state index is 12.2. The van der Waals surface area contributed by atoms with E-state index in [-0.39, 0.29) is 24.2 Å². The van der Waals surface area contributed by atoms with E-state index in [4.69, 9.17) is 5.73 Å². The van der Waals surface area contributed by atoms with Crippen LogP contribution in [0.3, 0.4) is 0 Å². The van der Waals surface area contributed by atoms with E-state index >= 15 is 0 Å². The summed E-state index contributed by atoms with van der Waals surface area (Å²) in [5.74, 6) is -0.422. The normalized spacial score (nSPS) is 18.6. The van der Waals surface area contributed by atoms with Crippen molar-refractivity contribution < 1.29 is 9.59 Å². The Morgan fingerprint density at radius 3 is 2.59 bits per heavy atom. The van der Waals surface area contributed by atoms with Crippen LogP contribution in [-0.4, -0.2) is 36.7 Å². The number of amides is 2. The van der Waals surface area contributed by atoms with E-state index in [1.807, 2.05) is 44.4 Å². The van der Waals surface area contributed by atoms with Crippen molar-refractivity contribution in [3.63, 3.8) is 0 Å². The predicted molar refractivity (Wildman–Crippen MR) is 90.0 cm³/mol. The van der Waals surface area contributed by atoms with Gasteiger partial charge in [0.05, 0.1) is 5.92 Å². The molecule has 1 heterocycles. The highest BCUT2D eigenvalue weighted by atomic mass is 32.2. The lowest BCUT2D eigenvalue weighted by Gasteiger charge is -2.21. The van der Waals surface area contributed by atoms with E-state index in [2.05, 4.69) is 5.32 Å². The number of benzene rings is 1. The summed E-state index contributed by atoms with van der Waals surface area (Å²) in [5.41, 5.74) is 6.25. The van der Waals surface area contributed by atoms with Gasteiger partial charge in [-0.3, -0.25) is 9.59 Å². The van der Waals surface area contributed by atoms with Gasteiger partial charge in [-0.05, 0) is 44.4 Å². The van der Waals surface area contributed by atoms with Gasteiger partial charge in [-0.25, -0.2) is 0 Å². The molecule has 22 heavy (non-hydrogen) atoms. The number of nitrogens with one attached hydrogen (secondary N) is 1. The van der Waals surface area contributed by atoms with Crippen molar-refractivity contribution >= 4 is 29.3 Å². The third-order valence-corrected chi connectivity index (χ3v) is 4.34. The largest absolute Gasteiger partial charge is 0.354 e. The lowest BCUT2D eigenvalue weighted by atomic mass is 10.1. The fourth-order valence-corrected chi connectivity index (χ4v) is 2.76. The molecule has 1 aliphatic heterocycles. The van der Waals surface area contributed by atoms with Crippen molar-refractivity contribution in [2.75, 3.05) is 24.2 Å². The monoisotopic (exact) mass is 321 g/mol. The van der Waals surface area contributed by atoms with Gasteiger partial charge in [0, 0.05) is 35.6 Å². The molecule has 0 spiro atoms. The molecule has 1 aromatic carbocycles. The van der Waals surface area contributed by atoms with Gasteiger partial charge in [0.2, 0.25) is 11.8 Å². The smallest absolute Gasteiger partial charge is 0.227 e. The number of rotatable bonds is 5. The fraction of sp³-hybridized carbons (Fsp3) is 0.500. The summed E-state index contributed by atoms with van der Waals surface area (Å²) in [4.78, 5) is 27.2. The van der Waals surface area contributed by atoms with Crippen molar-refractivity contribution in [3.05, 3.63) is 24.3 Å². The number of anilines is 1. The third kappa shape index (κ3) is 4.24.